The van der Waals surface area contributed by atoms with Crippen LogP contribution in [-0.2, 0) is 14.3 Å². The van der Waals surface area contributed by atoms with E-state index in [1.54, 1.807) is 17.0 Å². The first-order chi connectivity index (χ1) is 10.6. The number of likely N-dealkylation sites (tertiary alicyclic amines) is 1. The summed E-state index contributed by atoms with van der Waals surface area (Å²) in [6.45, 7) is 1.75. The Morgan fingerprint density at radius 3 is 2.55 bits per heavy atom. The molecule has 2 aliphatic rings. The predicted molar refractivity (Wildman–Crippen MR) is 80.8 cm³/mol. The summed E-state index contributed by atoms with van der Waals surface area (Å²) >= 11 is 5.89. The molecule has 22 heavy (non-hydrogen) atoms. The zero-order chi connectivity index (χ0) is 15.7. The van der Waals surface area contributed by atoms with Crippen molar-refractivity contribution in [1.29, 1.82) is 0 Å². The Morgan fingerprint density at radius 2 is 1.95 bits per heavy atom. The number of carbonyl (C=O) groups excluding carboxylic acids is 1. The van der Waals surface area contributed by atoms with E-state index in [1.807, 2.05) is 12.1 Å². The number of aliphatic carboxylic acids is 1. The van der Waals surface area contributed by atoms with Crippen LogP contribution in [0, 0.1) is 11.8 Å². The molecular formula is C16H18ClNO4. The molecule has 1 aromatic carbocycles. The van der Waals surface area contributed by atoms with Crippen molar-refractivity contribution in [3.63, 3.8) is 0 Å². The highest BCUT2D eigenvalue weighted by Gasteiger charge is 2.42. The number of rotatable bonds is 3. The lowest BCUT2D eigenvalue weighted by Crippen LogP contribution is -2.35. The minimum Gasteiger partial charge on any atom is -0.481 e. The van der Waals surface area contributed by atoms with E-state index >= 15 is 0 Å². The molecule has 1 N–H and O–H groups in total. The Morgan fingerprint density at radius 1 is 1.23 bits per heavy atom. The van der Waals surface area contributed by atoms with Crippen molar-refractivity contribution in [3.05, 3.63) is 34.9 Å². The van der Waals surface area contributed by atoms with E-state index in [4.69, 9.17) is 16.3 Å². The number of carboxylic acid groups (broad SMARTS) is 1. The number of hydrogen-bond acceptors (Lipinski definition) is 3. The number of ether oxygens (including phenoxy) is 1. The van der Waals surface area contributed by atoms with E-state index < -0.39 is 11.9 Å². The highest BCUT2D eigenvalue weighted by molar-refractivity contribution is 6.30. The largest absolute Gasteiger partial charge is 0.481 e. The van der Waals surface area contributed by atoms with Crippen LogP contribution < -0.4 is 0 Å². The Kier molecular flexibility index (Phi) is 4.36. The molecule has 2 fully saturated rings. The maximum atomic E-state index is 12.5. The Bertz CT molecular complexity index is 568. The molecular weight excluding hydrogens is 306 g/mol. The van der Waals surface area contributed by atoms with Gasteiger partial charge in [0.2, 0.25) is 5.91 Å². The SMILES string of the molecule is O=C(O)[C@@H]1CN(C(=O)C2CCOC2)C[C@H]1c1ccc(Cl)cc1. The molecule has 0 radical (unpaired) electrons. The summed E-state index contributed by atoms with van der Waals surface area (Å²) in [5.41, 5.74) is 0.912. The Hall–Kier alpha value is -1.59. The minimum atomic E-state index is -0.863. The van der Waals surface area contributed by atoms with Gasteiger partial charge in [-0.2, -0.15) is 0 Å². The molecule has 1 unspecified atom stereocenters. The molecule has 3 rings (SSSR count). The van der Waals surface area contributed by atoms with E-state index in [0.717, 1.165) is 12.0 Å². The first-order valence-corrected chi connectivity index (χ1v) is 7.79. The van der Waals surface area contributed by atoms with Gasteiger partial charge in [-0.3, -0.25) is 9.59 Å². The van der Waals surface area contributed by atoms with Gasteiger partial charge in [0.15, 0.2) is 0 Å². The summed E-state index contributed by atoms with van der Waals surface area (Å²) in [6, 6.07) is 7.20. The fraction of sp³-hybridized carbons (Fsp3) is 0.500. The number of carboxylic acids is 1. The standard InChI is InChI=1S/C16H18ClNO4/c17-12-3-1-10(2-4-12)13-7-18(8-14(13)16(20)21)15(19)11-5-6-22-9-11/h1-4,11,13-14H,5-9H2,(H,20,21)/t11?,13-,14+/m0/s1. The fourth-order valence-corrected chi connectivity index (χ4v) is 3.40. The van der Waals surface area contributed by atoms with Crippen LogP contribution >= 0.6 is 11.6 Å². The van der Waals surface area contributed by atoms with Gasteiger partial charge in [-0.25, -0.2) is 0 Å². The number of amides is 1. The molecule has 6 heteroatoms. The zero-order valence-electron chi connectivity index (χ0n) is 12.1. The Labute approximate surface area is 133 Å². The van der Waals surface area contributed by atoms with Crippen LogP contribution in [0.15, 0.2) is 24.3 Å². The van der Waals surface area contributed by atoms with Gasteiger partial charge in [-0.05, 0) is 24.1 Å². The summed E-state index contributed by atoms with van der Waals surface area (Å²) in [5.74, 6) is -1.75. The molecule has 1 amide bonds. The number of hydrogen-bond donors (Lipinski definition) is 1. The third kappa shape index (κ3) is 2.96. The lowest BCUT2D eigenvalue weighted by molar-refractivity contribution is -0.142. The molecule has 118 valence electrons. The molecule has 0 aromatic heterocycles. The van der Waals surface area contributed by atoms with Crippen LogP contribution in [0.3, 0.4) is 0 Å². The van der Waals surface area contributed by atoms with Crippen molar-refractivity contribution >= 4 is 23.5 Å². The van der Waals surface area contributed by atoms with Crippen molar-refractivity contribution in [1.82, 2.24) is 4.90 Å². The van der Waals surface area contributed by atoms with Gasteiger partial charge in [0, 0.05) is 30.6 Å². The zero-order valence-corrected chi connectivity index (χ0v) is 12.8. The van der Waals surface area contributed by atoms with Crippen molar-refractivity contribution in [2.45, 2.75) is 12.3 Å². The number of benzene rings is 1. The molecule has 1 aromatic rings. The number of nitrogens with zero attached hydrogens (tertiary/aromatic N) is 1. The van der Waals surface area contributed by atoms with Crippen LogP contribution in [0.2, 0.25) is 5.02 Å². The molecule has 3 atom stereocenters. The normalized spacial score (nSPS) is 28.0. The van der Waals surface area contributed by atoms with Crippen LogP contribution in [0.25, 0.3) is 0 Å². The van der Waals surface area contributed by atoms with Gasteiger partial charge in [0.1, 0.15) is 0 Å². The molecule has 0 aliphatic carbocycles. The summed E-state index contributed by atoms with van der Waals surface area (Å²) in [6.07, 6.45) is 0.721. The van der Waals surface area contributed by atoms with Crippen LogP contribution in [0.4, 0.5) is 0 Å². The van der Waals surface area contributed by atoms with Crippen LogP contribution in [-0.4, -0.2) is 48.2 Å². The highest BCUT2D eigenvalue weighted by Crippen LogP contribution is 2.34. The van der Waals surface area contributed by atoms with Crippen molar-refractivity contribution in [3.8, 4) is 0 Å². The summed E-state index contributed by atoms with van der Waals surface area (Å²) in [5, 5.41) is 10.1. The number of carbonyl (C=O) groups is 2. The highest BCUT2D eigenvalue weighted by atomic mass is 35.5. The van der Waals surface area contributed by atoms with Crippen LogP contribution in [0.5, 0.6) is 0 Å². The molecule has 0 spiro atoms. The molecule has 5 nitrogen and oxygen atoms in total. The molecule has 2 saturated heterocycles. The van der Waals surface area contributed by atoms with E-state index in [9.17, 15) is 14.7 Å². The lowest BCUT2D eigenvalue weighted by Gasteiger charge is -2.19. The average Bonchev–Trinajstić information content (AvgIpc) is 3.17. The van der Waals surface area contributed by atoms with E-state index in [1.165, 1.54) is 0 Å². The van der Waals surface area contributed by atoms with Gasteiger partial charge < -0.3 is 14.7 Å². The molecule has 2 heterocycles. The quantitative estimate of drug-likeness (QED) is 0.924. The molecule has 2 aliphatic heterocycles. The van der Waals surface area contributed by atoms with Gasteiger partial charge in [0.05, 0.1) is 18.4 Å². The van der Waals surface area contributed by atoms with Crippen molar-refractivity contribution in [2.24, 2.45) is 11.8 Å². The second-order valence-electron chi connectivity index (χ2n) is 5.91. The van der Waals surface area contributed by atoms with Crippen molar-refractivity contribution in [2.75, 3.05) is 26.3 Å². The topological polar surface area (TPSA) is 66.8 Å². The number of halogens is 1. The molecule has 0 bridgehead atoms. The summed E-state index contributed by atoms with van der Waals surface area (Å²) in [4.78, 5) is 25.7. The van der Waals surface area contributed by atoms with Gasteiger partial charge in [-0.15, -0.1) is 0 Å². The monoisotopic (exact) mass is 323 g/mol. The lowest BCUT2D eigenvalue weighted by atomic mass is 9.89. The fourth-order valence-electron chi connectivity index (χ4n) is 3.27. The van der Waals surface area contributed by atoms with E-state index in [-0.39, 0.29) is 24.3 Å². The summed E-state index contributed by atoms with van der Waals surface area (Å²) < 4.78 is 5.26. The van der Waals surface area contributed by atoms with E-state index in [2.05, 4.69) is 0 Å². The smallest absolute Gasteiger partial charge is 0.308 e. The Balaban J connectivity index is 1.78. The maximum absolute atomic E-state index is 12.5. The summed E-state index contributed by atoms with van der Waals surface area (Å²) in [7, 11) is 0. The minimum absolute atomic E-state index is 0.0141. The van der Waals surface area contributed by atoms with Gasteiger partial charge in [-0.1, -0.05) is 23.7 Å². The third-order valence-electron chi connectivity index (χ3n) is 4.53. The first kappa shape index (κ1) is 15.3. The third-order valence-corrected chi connectivity index (χ3v) is 4.78. The predicted octanol–water partition coefficient (Wildman–Crippen LogP) is 2.00. The molecule has 0 saturated carbocycles. The average molecular weight is 324 g/mol. The maximum Gasteiger partial charge on any atom is 0.308 e. The van der Waals surface area contributed by atoms with Crippen LogP contribution in [0.1, 0.15) is 17.9 Å². The van der Waals surface area contributed by atoms with Gasteiger partial charge in [0.25, 0.3) is 0 Å². The van der Waals surface area contributed by atoms with Gasteiger partial charge >= 0.3 is 5.97 Å². The van der Waals surface area contributed by atoms with Crippen molar-refractivity contribution < 1.29 is 19.4 Å². The van der Waals surface area contributed by atoms with E-state index in [0.29, 0.717) is 24.8 Å². The first-order valence-electron chi connectivity index (χ1n) is 7.41. The second kappa shape index (κ2) is 6.26. The second-order valence-corrected chi connectivity index (χ2v) is 6.34.